The van der Waals surface area contributed by atoms with E-state index in [2.05, 4.69) is 50.4 Å². The van der Waals surface area contributed by atoms with E-state index in [9.17, 15) is 0 Å². The highest BCUT2D eigenvalue weighted by Gasteiger charge is 2.10. The van der Waals surface area contributed by atoms with Crippen molar-refractivity contribution in [2.45, 2.75) is 0 Å². The van der Waals surface area contributed by atoms with Crippen LogP contribution in [0.1, 0.15) is 0 Å². The molecule has 1 saturated heterocycles. The van der Waals surface area contributed by atoms with Gasteiger partial charge in [0.05, 0.1) is 0 Å². The predicted octanol–water partition coefficient (Wildman–Crippen LogP) is 4.60. The van der Waals surface area contributed by atoms with E-state index in [-0.39, 0.29) is 12.4 Å². The molecule has 1 aliphatic heterocycles. The SMILES string of the molecule is Cl.Clc1ccc(-c2ccc(N3CCNCC3)cc2)c(Br)c1. The molecule has 2 aromatic rings. The van der Waals surface area contributed by atoms with Crippen LogP contribution in [0.15, 0.2) is 46.9 Å². The summed E-state index contributed by atoms with van der Waals surface area (Å²) >= 11 is 9.56. The van der Waals surface area contributed by atoms with Crippen molar-refractivity contribution in [2.75, 3.05) is 31.1 Å². The number of nitrogens with one attached hydrogen (secondary N) is 1. The lowest BCUT2D eigenvalue weighted by Gasteiger charge is -2.29. The van der Waals surface area contributed by atoms with Crippen LogP contribution in [0.3, 0.4) is 0 Å². The summed E-state index contributed by atoms with van der Waals surface area (Å²) in [5, 5.41) is 4.12. The van der Waals surface area contributed by atoms with Crippen LogP contribution in [0.25, 0.3) is 11.1 Å². The van der Waals surface area contributed by atoms with Gasteiger partial charge in [-0.15, -0.1) is 12.4 Å². The second-order valence-electron chi connectivity index (χ2n) is 4.91. The van der Waals surface area contributed by atoms with Crippen LogP contribution in [0, 0.1) is 0 Å². The summed E-state index contributed by atoms with van der Waals surface area (Å²) in [5.41, 5.74) is 3.66. The first kappa shape index (κ1) is 16.6. The maximum Gasteiger partial charge on any atom is 0.0417 e. The van der Waals surface area contributed by atoms with Crippen LogP contribution >= 0.6 is 39.9 Å². The van der Waals surface area contributed by atoms with Gasteiger partial charge in [-0.25, -0.2) is 0 Å². The Morgan fingerprint density at radius 1 is 1.00 bits per heavy atom. The summed E-state index contributed by atoms with van der Waals surface area (Å²) in [5.74, 6) is 0. The lowest BCUT2D eigenvalue weighted by molar-refractivity contribution is 0.589. The van der Waals surface area contributed by atoms with Gasteiger partial charge in [0.2, 0.25) is 0 Å². The minimum absolute atomic E-state index is 0. The van der Waals surface area contributed by atoms with Crippen LogP contribution in [0.4, 0.5) is 5.69 Å². The van der Waals surface area contributed by atoms with Crippen molar-refractivity contribution in [1.82, 2.24) is 5.32 Å². The fourth-order valence-electron chi connectivity index (χ4n) is 2.50. The Balaban J connectivity index is 0.00000161. The molecule has 0 atom stereocenters. The first-order valence-electron chi connectivity index (χ1n) is 6.75. The Bertz CT molecular complexity index is 596. The van der Waals surface area contributed by atoms with E-state index < -0.39 is 0 Å². The molecule has 0 spiro atoms. The summed E-state index contributed by atoms with van der Waals surface area (Å²) in [4.78, 5) is 2.41. The number of benzene rings is 2. The van der Waals surface area contributed by atoms with Crippen LogP contribution in [-0.4, -0.2) is 26.2 Å². The molecule has 0 bridgehead atoms. The van der Waals surface area contributed by atoms with E-state index in [1.165, 1.54) is 16.8 Å². The van der Waals surface area contributed by atoms with Gasteiger partial charge in [0.25, 0.3) is 0 Å². The zero-order chi connectivity index (χ0) is 13.9. The number of hydrogen-bond donors (Lipinski definition) is 1. The third-order valence-electron chi connectivity index (χ3n) is 3.59. The first-order valence-corrected chi connectivity index (χ1v) is 7.92. The highest BCUT2D eigenvalue weighted by molar-refractivity contribution is 9.10. The summed E-state index contributed by atoms with van der Waals surface area (Å²) in [6.45, 7) is 4.27. The fraction of sp³-hybridized carbons (Fsp3) is 0.250. The molecule has 0 aliphatic carbocycles. The second kappa shape index (κ2) is 7.50. The monoisotopic (exact) mass is 386 g/mol. The molecule has 21 heavy (non-hydrogen) atoms. The van der Waals surface area contributed by atoms with Crippen molar-refractivity contribution < 1.29 is 0 Å². The lowest BCUT2D eigenvalue weighted by atomic mass is 10.1. The molecule has 112 valence electrons. The number of nitrogens with zero attached hydrogens (tertiary/aromatic N) is 1. The van der Waals surface area contributed by atoms with Crippen molar-refractivity contribution in [3.8, 4) is 11.1 Å². The Kier molecular flexibility index (Phi) is 5.94. The van der Waals surface area contributed by atoms with E-state index in [1.54, 1.807) is 0 Å². The number of rotatable bonds is 2. The summed E-state index contributed by atoms with van der Waals surface area (Å²) in [6, 6.07) is 14.6. The molecule has 2 nitrogen and oxygen atoms in total. The smallest absolute Gasteiger partial charge is 0.0417 e. The highest BCUT2D eigenvalue weighted by Crippen LogP contribution is 2.31. The quantitative estimate of drug-likeness (QED) is 0.809. The molecule has 1 N–H and O–H groups in total. The predicted molar refractivity (Wildman–Crippen MR) is 96.9 cm³/mol. The van der Waals surface area contributed by atoms with Crippen LogP contribution in [-0.2, 0) is 0 Å². The van der Waals surface area contributed by atoms with Gasteiger partial charge in [-0.1, -0.05) is 45.7 Å². The van der Waals surface area contributed by atoms with Gasteiger partial charge in [0.1, 0.15) is 0 Å². The number of piperazine rings is 1. The van der Waals surface area contributed by atoms with Gasteiger partial charge in [0.15, 0.2) is 0 Å². The Morgan fingerprint density at radius 3 is 2.29 bits per heavy atom. The molecule has 1 heterocycles. The van der Waals surface area contributed by atoms with Gasteiger partial charge in [-0.2, -0.15) is 0 Å². The van der Waals surface area contributed by atoms with E-state index in [4.69, 9.17) is 11.6 Å². The third kappa shape index (κ3) is 3.92. The largest absolute Gasteiger partial charge is 0.369 e. The summed E-state index contributed by atoms with van der Waals surface area (Å²) < 4.78 is 1.03. The van der Waals surface area contributed by atoms with Gasteiger partial charge in [-0.05, 0) is 35.4 Å². The molecule has 1 aliphatic rings. The molecular weight excluding hydrogens is 371 g/mol. The number of hydrogen-bond acceptors (Lipinski definition) is 2. The second-order valence-corrected chi connectivity index (χ2v) is 6.20. The molecule has 5 heteroatoms. The zero-order valence-electron chi connectivity index (χ0n) is 11.5. The molecule has 2 aromatic carbocycles. The van der Waals surface area contributed by atoms with Gasteiger partial charge in [-0.3, -0.25) is 0 Å². The standard InChI is InChI=1S/C16H16BrClN2.ClH/c17-16-11-13(18)3-6-15(16)12-1-4-14(5-2-12)20-9-7-19-8-10-20;/h1-6,11,19H,7-10H2;1H. The van der Waals surface area contributed by atoms with Crippen molar-refractivity contribution in [3.05, 3.63) is 52.0 Å². The fourth-order valence-corrected chi connectivity index (χ4v) is 3.41. The normalized spacial score (nSPS) is 14.7. The molecule has 0 unspecified atom stereocenters. The number of halogens is 3. The third-order valence-corrected chi connectivity index (χ3v) is 4.48. The van der Waals surface area contributed by atoms with Crippen LogP contribution in [0.2, 0.25) is 5.02 Å². The molecule has 0 radical (unpaired) electrons. The average molecular weight is 388 g/mol. The van der Waals surface area contributed by atoms with E-state index in [0.29, 0.717) is 0 Å². The van der Waals surface area contributed by atoms with Gasteiger partial charge < -0.3 is 10.2 Å². The van der Waals surface area contributed by atoms with Crippen LogP contribution < -0.4 is 10.2 Å². The van der Waals surface area contributed by atoms with Gasteiger partial charge in [0, 0.05) is 41.4 Å². The maximum absolute atomic E-state index is 5.99. The first-order chi connectivity index (χ1) is 9.74. The van der Waals surface area contributed by atoms with Crippen molar-refractivity contribution in [3.63, 3.8) is 0 Å². The molecule has 0 amide bonds. The summed E-state index contributed by atoms with van der Waals surface area (Å²) in [7, 11) is 0. The number of anilines is 1. The zero-order valence-corrected chi connectivity index (χ0v) is 14.6. The van der Waals surface area contributed by atoms with Crippen molar-refractivity contribution >= 4 is 45.6 Å². The highest BCUT2D eigenvalue weighted by atomic mass is 79.9. The Morgan fingerprint density at radius 2 is 1.67 bits per heavy atom. The molecule has 1 fully saturated rings. The lowest BCUT2D eigenvalue weighted by Crippen LogP contribution is -2.43. The van der Waals surface area contributed by atoms with E-state index in [1.807, 2.05) is 18.2 Å². The molecule has 3 rings (SSSR count). The van der Waals surface area contributed by atoms with Gasteiger partial charge >= 0.3 is 0 Å². The molecule has 0 aromatic heterocycles. The minimum Gasteiger partial charge on any atom is -0.369 e. The Hall–Kier alpha value is -0.740. The van der Waals surface area contributed by atoms with Crippen molar-refractivity contribution in [1.29, 1.82) is 0 Å². The topological polar surface area (TPSA) is 15.3 Å². The Labute approximate surface area is 145 Å². The average Bonchev–Trinajstić information content (AvgIpc) is 2.48. The van der Waals surface area contributed by atoms with E-state index >= 15 is 0 Å². The van der Waals surface area contributed by atoms with Crippen molar-refractivity contribution in [2.24, 2.45) is 0 Å². The minimum atomic E-state index is 0. The van der Waals surface area contributed by atoms with Crippen LogP contribution in [0.5, 0.6) is 0 Å². The summed E-state index contributed by atoms with van der Waals surface area (Å²) in [6.07, 6.45) is 0. The maximum atomic E-state index is 5.99. The molecule has 0 saturated carbocycles. The van der Waals surface area contributed by atoms with E-state index in [0.717, 1.165) is 35.7 Å². The molecular formula is C16H17BrCl2N2.